The maximum absolute atomic E-state index is 6.36. The highest BCUT2D eigenvalue weighted by Crippen LogP contribution is 2.22. The van der Waals surface area contributed by atoms with Gasteiger partial charge in [0.25, 0.3) is 0 Å². The Bertz CT molecular complexity index is 572. The van der Waals surface area contributed by atoms with Gasteiger partial charge in [-0.3, -0.25) is 4.68 Å². The number of nitrogens with one attached hydrogen (secondary N) is 1. The molecule has 3 nitrogen and oxygen atoms in total. The predicted molar refractivity (Wildman–Crippen MR) is 84.0 cm³/mol. The highest BCUT2D eigenvalue weighted by atomic mass is 35.5. The van der Waals surface area contributed by atoms with Gasteiger partial charge in [-0.05, 0) is 25.8 Å². The third-order valence-electron chi connectivity index (χ3n) is 3.66. The van der Waals surface area contributed by atoms with Crippen LogP contribution in [0, 0.1) is 6.92 Å². The first-order valence-corrected chi connectivity index (χ1v) is 7.41. The van der Waals surface area contributed by atoms with Gasteiger partial charge >= 0.3 is 0 Å². The van der Waals surface area contributed by atoms with Crippen molar-refractivity contribution in [2.45, 2.75) is 39.8 Å². The molecule has 2 aromatic rings. The molecule has 2 rings (SSSR count). The van der Waals surface area contributed by atoms with Crippen LogP contribution < -0.4 is 5.32 Å². The maximum atomic E-state index is 6.36. The van der Waals surface area contributed by atoms with Gasteiger partial charge in [0, 0.05) is 19.6 Å². The second-order valence-electron chi connectivity index (χ2n) is 5.20. The van der Waals surface area contributed by atoms with Crippen LogP contribution in [0.25, 0.3) is 0 Å². The van der Waals surface area contributed by atoms with Crippen molar-refractivity contribution < 1.29 is 0 Å². The molecule has 20 heavy (non-hydrogen) atoms. The molecule has 1 heterocycles. The number of hydrogen-bond acceptors (Lipinski definition) is 2. The molecule has 0 saturated carbocycles. The number of halogens is 1. The number of aromatic nitrogens is 2. The summed E-state index contributed by atoms with van der Waals surface area (Å²) in [7, 11) is 1.94. The van der Waals surface area contributed by atoms with E-state index in [9.17, 15) is 0 Å². The number of hydrogen-bond donors (Lipinski definition) is 1. The first-order valence-electron chi connectivity index (χ1n) is 7.03. The monoisotopic (exact) mass is 291 g/mol. The van der Waals surface area contributed by atoms with Crippen LogP contribution in [0.4, 0.5) is 0 Å². The van der Waals surface area contributed by atoms with Crippen LogP contribution >= 0.6 is 11.6 Å². The molecule has 1 aromatic carbocycles. The van der Waals surface area contributed by atoms with E-state index in [0.29, 0.717) is 0 Å². The van der Waals surface area contributed by atoms with Crippen LogP contribution in [0.3, 0.4) is 0 Å². The van der Waals surface area contributed by atoms with Gasteiger partial charge in [0.15, 0.2) is 0 Å². The molecule has 0 bridgehead atoms. The summed E-state index contributed by atoms with van der Waals surface area (Å²) in [5.41, 5.74) is 4.57. The Labute approximate surface area is 126 Å². The number of rotatable bonds is 5. The van der Waals surface area contributed by atoms with Crippen LogP contribution in [0.5, 0.6) is 0 Å². The molecular formula is C16H22ClN3. The van der Waals surface area contributed by atoms with E-state index in [1.807, 2.05) is 11.7 Å². The van der Waals surface area contributed by atoms with E-state index >= 15 is 0 Å². The first kappa shape index (κ1) is 15.1. The molecule has 4 heteroatoms. The Morgan fingerprint density at radius 2 is 1.95 bits per heavy atom. The topological polar surface area (TPSA) is 29.9 Å². The largest absolute Gasteiger partial charge is 0.305 e. The minimum atomic E-state index is 0.284. The molecule has 0 amide bonds. The molecular weight excluding hydrogens is 270 g/mol. The lowest BCUT2D eigenvalue weighted by Crippen LogP contribution is -2.20. The van der Waals surface area contributed by atoms with Crippen LogP contribution in [0.15, 0.2) is 24.3 Å². The lowest BCUT2D eigenvalue weighted by atomic mass is 10.1. The zero-order chi connectivity index (χ0) is 14.7. The van der Waals surface area contributed by atoms with E-state index in [-0.39, 0.29) is 6.04 Å². The molecule has 0 spiro atoms. The summed E-state index contributed by atoms with van der Waals surface area (Å²) in [6, 6.07) is 8.89. The molecule has 0 aliphatic heterocycles. The summed E-state index contributed by atoms with van der Waals surface area (Å²) < 4.78 is 1.87. The van der Waals surface area contributed by atoms with E-state index in [0.717, 1.165) is 29.4 Å². The average Bonchev–Trinajstić information content (AvgIpc) is 2.71. The normalized spacial score (nSPS) is 12.7. The van der Waals surface area contributed by atoms with Gasteiger partial charge in [0.1, 0.15) is 0 Å². The molecule has 1 atom stereocenters. The number of benzene rings is 1. The Hall–Kier alpha value is -1.32. The SMILES string of the molecule is CCc1nn(C)c(CN[C@@H](C)c2ccc(C)cc2)c1Cl. The Kier molecular flexibility index (Phi) is 4.84. The zero-order valence-corrected chi connectivity index (χ0v) is 13.3. The summed E-state index contributed by atoms with van der Waals surface area (Å²) in [6.45, 7) is 7.05. The molecule has 0 aliphatic carbocycles. The van der Waals surface area contributed by atoms with Crippen molar-refractivity contribution in [1.29, 1.82) is 0 Å². The van der Waals surface area contributed by atoms with Gasteiger partial charge in [0.2, 0.25) is 0 Å². The Morgan fingerprint density at radius 3 is 2.50 bits per heavy atom. The molecule has 1 N–H and O–H groups in total. The molecule has 0 radical (unpaired) electrons. The molecule has 1 aromatic heterocycles. The fourth-order valence-corrected chi connectivity index (χ4v) is 2.60. The van der Waals surface area contributed by atoms with E-state index < -0.39 is 0 Å². The van der Waals surface area contributed by atoms with E-state index in [1.165, 1.54) is 11.1 Å². The summed E-state index contributed by atoms with van der Waals surface area (Å²) in [4.78, 5) is 0. The first-order chi connectivity index (χ1) is 9.52. The second kappa shape index (κ2) is 6.42. The Morgan fingerprint density at radius 1 is 1.30 bits per heavy atom. The lowest BCUT2D eigenvalue weighted by molar-refractivity contribution is 0.548. The molecule has 0 saturated heterocycles. The van der Waals surface area contributed by atoms with Crippen molar-refractivity contribution >= 4 is 11.6 Å². The van der Waals surface area contributed by atoms with Crippen LogP contribution in [0.1, 0.15) is 42.4 Å². The standard InChI is InChI=1S/C16H22ClN3/c1-5-14-16(17)15(20(4)19-14)10-18-12(3)13-8-6-11(2)7-9-13/h6-9,12,18H,5,10H2,1-4H3/t12-/m0/s1. The van der Waals surface area contributed by atoms with Crippen molar-refractivity contribution in [3.05, 3.63) is 51.8 Å². The highest BCUT2D eigenvalue weighted by Gasteiger charge is 2.14. The van der Waals surface area contributed by atoms with E-state index in [2.05, 4.69) is 55.5 Å². The van der Waals surface area contributed by atoms with Gasteiger partial charge in [-0.2, -0.15) is 5.10 Å². The fourth-order valence-electron chi connectivity index (χ4n) is 2.23. The summed E-state index contributed by atoms with van der Waals surface area (Å²) in [5.74, 6) is 0. The number of nitrogens with zero attached hydrogens (tertiary/aromatic N) is 2. The van der Waals surface area contributed by atoms with E-state index in [1.54, 1.807) is 0 Å². The quantitative estimate of drug-likeness (QED) is 0.908. The fraction of sp³-hybridized carbons (Fsp3) is 0.438. The third kappa shape index (κ3) is 3.22. The van der Waals surface area contributed by atoms with Gasteiger partial charge in [-0.1, -0.05) is 48.4 Å². The van der Waals surface area contributed by atoms with Gasteiger partial charge in [-0.15, -0.1) is 0 Å². The summed E-state index contributed by atoms with van der Waals surface area (Å²) in [6.07, 6.45) is 0.861. The van der Waals surface area contributed by atoms with Crippen molar-refractivity contribution in [1.82, 2.24) is 15.1 Å². The average molecular weight is 292 g/mol. The highest BCUT2D eigenvalue weighted by molar-refractivity contribution is 6.31. The summed E-state index contributed by atoms with van der Waals surface area (Å²) >= 11 is 6.36. The predicted octanol–water partition coefficient (Wildman–Crippen LogP) is 3.80. The minimum absolute atomic E-state index is 0.284. The van der Waals surface area contributed by atoms with Gasteiger partial charge in [-0.25, -0.2) is 0 Å². The van der Waals surface area contributed by atoms with Crippen LogP contribution in [-0.4, -0.2) is 9.78 Å². The molecule has 0 fully saturated rings. The smallest absolute Gasteiger partial charge is 0.0863 e. The molecule has 0 aliphatic rings. The number of aryl methyl sites for hydroxylation is 3. The van der Waals surface area contributed by atoms with Gasteiger partial charge in [0.05, 0.1) is 16.4 Å². The van der Waals surface area contributed by atoms with E-state index in [4.69, 9.17) is 11.6 Å². The van der Waals surface area contributed by atoms with Crippen molar-refractivity contribution in [3.8, 4) is 0 Å². The van der Waals surface area contributed by atoms with Crippen molar-refractivity contribution in [3.63, 3.8) is 0 Å². The van der Waals surface area contributed by atoms with Gasteiger partial charge < -0.3 is 5.32 Å². The van der Waals surface area contributed by atoms with Crippen LogP contribution in [0.2, 0.25) is 5.02 Å². The maximum Gasteiger partial charge on any atom is 0.0863 e. The summed E-state index contributed by atoms with van der Waals surface area (Å²) in [5, 5.41) is 8.73. The Balaban J connectivity index is 2.05. The molecule has 0 unspecified atom stereocenters. The van der Waals surface area contributed by atoms with Crippen molar-refractivity contribution in [2.24, 2.45) is 7.05 Å². The minimum Gasteiger partial charge on any atom is -0.305 e. The zero-order valence-electron chi connectivity index (χ0n) is 12.6. The molecule has 108 valence electrons. The third-order valence-corrected chi connectivity index (χ3v) is 4.09. The second-order valence-corrected chi connectivity index (χ2v) is 5.58. The van der Waals surface area contributed by atoms with Crippen LogP contribution in [-0.2, 0) is 20.0 Å². The lowest BCUT2D eigenvalue weighted by Gasteiger charge is -2.15. The van der Waals surface area contributed by atoms with Crippen molar-refractivity contribution in [2.75, 3.05) is 0 Å².